The topological polar surface area (TPSA) is 81.8 Å². The number of hydrogen-bond acceptors (Lipinski definition) is 5. The fourth-order valence-electron chi connectivity index (χ4n) is 1.90. The first-order valence-electron chi connectivity index (χ1n) is 6.51. The average molecular weight is 332 g/mol. The zero-order chi connectivity index (χ0) is 15.6. The number of benzene rings is 1. The van der Waals surface area contributed by atoms with Gasteiger partial charge < -0.3 is 20.3 Å². The minimum atomic E-state index is -1.01. The summed E-state index contributed by atoms with van der Waals surface area (Å²) < 4.78 is 10.4. The number of nitrogens with two attached hydrogens (primary N) is 1. The van der Waals surface area contributed by atoms with Crippen molar-refractivity contribution in [2.75, 3.05) is 13.2 Å². The summed E-state index contributed by atoms with van der Waals surface area (Å²) in [5.41, 5.74) is 6.65. The van der Waals surface area contributed by atoms with E-state index in [2.05, 4.69) is 0 Å². The van der Waals surface area contributed by atoms with E-state index in [1.807, 2.05) is 26.0 Å². The van der Waals surface area contributed by atoms with Crippen LogP contribution >= 0.6 is 23.4 Å². The molecule has 0 aromatic heterocycles. The van der Waals surface area contributed by atoms with E-state index in [1.165, 1.54) is 11.8 Å². The first kappa shape index (κ1) is 16.3. The van der Waals surface area contributed by atoms with E-state index in [0.29, 0.717) is 35.5 Å². The van der Waals surface area contributed by atoms with E-state index in [-0.39, 0.29) is 0 Å². The summed E-state index contributed by atoms with van der Waals surface area (Å²) in [5.74, 6) is 0.778. The molecule has 0 unspecified atom stereocenters. The summed E-state index contributed by atoms with van der Waals surface area (Å²) in [7, 11) is 0. The predicted molar refractivity (Wildman–Crippen MR) is 83.4 cm³/mol. The van der Waals surface area contributed by atoms with Crippen molar-refractivity contribution in [3.8, 4) is 11.5 Å². The van der Waals surface area contributed by atoms with Gasteiger partial charge in [0, 0.05) is 10.5 Å². The van der Waals surface area contributed by atoms with Crippen LogP contribution in [0.1, 0.15) is 19.4 Å². The summed E-state index contributed by atoms with van der Waals surface area (Å²) in [6, 6.07) is 2.75. The quantitative estimate of drug-likeness (QED) is 0.863. The molecule has 2 rings (SSSR count). The highest BCUT2D eigenvalue weighted by Crippen LogP contribution is 2.40. The maximum atomic E-state index is 11.0. The Balaban J connectivity index is 2.10. The van der Waals surface area contributed by atoms with Gasteiger partial charge in [-0.3, -0.25) is 4.79 Å². The van der Waals surface area contributed by atoms with Crippen LogP contribution in [0.2, 0.25) is 5.02 Å². The van der Waals surface area contributed by atoms with Crippen LogP contribution in [0.4, 0.5) is 0 Å². The summed E-state index contributed by atoms with van der Waals surface area (Å²) >= 11 is 7.64. The number of hydrogen-bond donors (Lipinski definition) is 2. The van der Waals surface area contributed by atoms with Crippen LogP contribution in [0.3, 0.4) is 0 Å². The van der Waals surface area contributed by atoms with Crippen molar-refractivity contribution in [2.24, 2.45) is 5.73 Å². The zero-order valence-electron chi connectivity index (χ0n) is 11.9. The zero-order valence-corrected chi connectivity index (χ0v) is 13.5. The van der Waals surface area contributed by atoms with E-state index in [4.69, 9.17) is 31.9 Å². The van der Waals surface area contributed by atoms with Gasteiger partial charge in [0.25, 0.3) is 0 Å². The number of carboxylic acid groups (broad SMARTS) is 1. The number of carbonyl (C=O) groups is 1. The average Bonchev–Trinajstić information content (AvgIpc) is 2.44. The molecule has 1 heterocycles. The molecule has 5 nitrogen and oxygen atoms in total. The van der Waals surface area contributed by atoms with E-state index in [9.17, 15) is 4.79 Å². The Bertz CT molecular complexity index is 550. The van der Waals surface area contributed by atoms with E-state index in [0.717, 1.165) is 5.56 Å². The molecule has 1 aromatic carbocycles. The van der Waals surface area contributed by atoms with Crippen molar-refractivity contribution in [1.82, 2.24) is 0 Å². The van der Waals surface area contributed by atoms with Crippen molar-refractivity contribution in [2.45, 2.75) is 30.4 Å². The lowest BCUT2D eigenvalue weighted by molar-refractivity contribution is -0.139. The highest BCUT2D eigenvalue weighted by molar-refractivity contribution is 7.99. The Hall–Kier alpha value is -1.11. The molecule has 0 radical (unpaired) electrons. The molecule has 1 atom stereocenters. The van der Waals surface area contributed by atoms with Gasteiger partial charge in [-0.1, -0.05) is 11.6 Å². The van der Waals surface area contributed by atoms with Gasteiger partial charge >= 0.3 is 5.97 Å². The molecule has 1 aromatic rings. The molecule has 1 aliphatic rings. The highest BCUT2D eigenvalue weighted by Gasteiger charge is 2.32. The number of thioether (sulfide) groups is 1. The lowest BCUT2D eigenvalue weighted by Crippen LogP contribution is -2.46. The standard InChI is InChI=1S/C14H18ClNO4S/c1-14(2,12(16)13(17)18)21-7-8-5-9(15)11-10(6-8)19-3-4-20-11/h5-6,12H,3-4,7,16H2,1-2H3,(H,17,18)/t12-/m1/s1. The molecule has 21 heavy (non-hydrogen) atoms. The van der Waals surface area contributed by atoms with Gasteiger partial charge in [-0.2, -0.15) is 0 Å². The van der Waals surface area contributed by atoms with Gasteiger partial charge in [-0.15, -0.1) is 11.8 Å². The van der Waals surface area contributed by atoms with Crippen molar-refractivity contribution < 1.29 is 19.4 Å². The molecule has 0 saturated carbocycles. The van der Waals surface area contributed by atoms with Gasteiger partial charge in [0.15, 0.2) is 11.5 Å². The van der Waals surface area contributed by atoms with Gasteiger partial charge in [-0.25, -0.2) is 0 Å². The number of halogens is 1. The van der Waals surface area contributed by atoms with Gasteiger partial charge in [-0.05, 0) is 31.5 Å². The molecule has 7 heteroatoms. The molecule has 3 N–H and O–H groups in total. The van der Waals surface area contributed by atoms with Gasteiger partial charge in [0.05, 0.1) is 5.02 Å². The molecule has 0 amide bonds. The fraction of sp³-hybridized carbons (Fsp3) is 0.500. The maximum absolute atomic E-state index is 11.0. The van der Waals surface area contributed by atoms with Gasteiger partial charge in [0.1, 0.15) is 19.3 Å². The van der Waals surface area contributed by atoms with Crippen LogP contribution in [0.15, 0.2) is 12.1 Å². The second kappa shape index (κ2) is 6.34. The predicted octanol–water partition coefficient (Wildman–Crippen LogP) is 2.53. The van der Waals surface area contributed by atoms with Crippen LogP contribution < -0.4 is 15.2 Å². The third kappa shape index (κ3) is 3.75. The van der Waals surface area contributed by atoms with E-state index in [1.54, 1.807) is 0 Å². The monoisotopic (exact) mass is 331 g/mol. The van der Waals surface area contributed by atoms with Crippen molar-refractivity contribution >= 4 is 29.3 Å². The third-order valence-corrected chi connectivity index (χ3v) is 5.04. The van der Waals surface area contributed by atoms with Crippen LogP contribution in [-0.2, 0) is 10.5 Å². The SMILES string of the molecule is CC(C)(SCc1cc(Cl)c2c(c1)OCCO2)[C@H](N)C(=O)O. The Kier molecular flexibility index (Phi) is 4.91. The third-order valence-electron chi connectivity index (χ3n) is 3.28. The second-order valence-corrected chi connectivity index (χ2v) is 7.35. The second-order valence-electron chi connectivity index (χ2n) is 5.31. The van der Waals surface area contributed by atoms with Crippen molar-refractivity contribution in [3.63, 3.8) is 0 Å². The largest absolute Gasteiger partial charge is 0.486 e. The van der Waals surface area contributed by atoms with Gasteiger partial charge in [0.2, 0.25) is 0 Å². The molecule has 0 aliphatic carbocycles. The molecule has 1 aliphatic heterocycles. The Morgan fingerprint density at radius 2 is 2.14 bits per heavy atom. The molecule has 0 saturated heterocycles. The lowest BCUT2D eigenvalue weighted by atomic mass is 10.1. The number of fused-ring (bicyclic) bond motifs is 1. The molecule has 116 valence electrons. The molecular formula is C14H18ClNO4S. The number of carboxylic acids is 1. The maximum Gasteiger partial charge on any atom is 0.321 e. The Morgan fingerprint density at radius 3 is 2.81 bits per heavy atom. The normalized spacial score (nSPS) is 15.6. The minimum Gasteiger partial charge on any atom is -0.486 e. The molecule has 0 fully saturated rings. The Morgan fingerprint density at radius 1 is 1.48 bits per heavy atom. The van der Waals surface area contributed by atoms with Crippen LogP contribution in [-0.4, -0.2) is 35.1 Å². The number of rotatable bonds is 5. The molecular weight excluding hydrogens is 314 g/mol. The van der Waals surface area contributed by atoms with E-state index < -0.39 is 16.8 Å². The summed E-state index contributed by atoms with van der Waals surface area (Å²) in [5, 5.41) is 9.52. The van der Waals surface area contributed by atoms with Crippen LogP contribution in [0.5, 0.6) is 11.5 Å². The molecule has 0 bridgehead atoms. The number of ether oxygens (including phenoxy) is 2. The number of aliphatic carboxylic acids is 1. The first-order chi connectivity index (χ1) is 9.81. The summed E-state index contributed by atoms with van der Waals surface area (Å²) in [6.07, 6.45) is 0. The van der Waals surface area contributed by atoms with Crippen molar-refractivity contribution in [3.05, 3.63) is 22.7 Å². The van der Waals surface area contributed by atoms with Crippen molar-refractivity contribution in [1.29, 1.82) is 0 Å². The van der Waals surface area contributed by atoms with E-state index >= 15 is 0 Å². The molecule has 0 spiro atoms. The Labute approximate surface area is 132 Å². The highest BCUT2D eigenvalue weighted by atomic mass is 35.5. The first-order valence-corrected chi connectivity index (χ1v) is 7.88. The van der Waals surface area contributed by atoms with Crippen LogP contribution in [0.25, 0.3) is 0 Å². The fourth-order valence-corrected chi connectivity index (χ4v) is 3.18. The smallest absolute Gasteiger partial charge is 0.321 e. The minimum absolute atomic E-state index is 0.487. The lowest BCUT2D eigenvalue weighted by Gasteiger charge is -2.28. The summed E-state index contributed by atoms with van der Waals surface area (Å²) in [4.78, 5) is 11.0. The summed E-state index contributed by atoms with van der Waals surface area (Å²) in [6.45, 7) is 4.61. The van der Waals surface area contributed by atoms with Crippen LogP contribution in [0, 0.1) is 0 Å².